The molecule has 1 N–H and O–H groups in total. The van der Waals surface area contributed by atoms with E-state index in [9.17, 15) is 18.0 Å². The molecule has 37 heavy (non-hydrogen) atoms. The first-order valence-electron chi connectivity index (χ1n) is 12.0. The highest BCUT2D eigenvalue weighted by Crippen LogP contribution is 2.31. The molecule has 2 atom stereocenters. The zero-order valence-corrected chi connectivity index (χ0v) is 24.2. The van der Waals surface area contributed by atoms with Crippen molar-refractivity contribution in [1.29, 1.82) is 0 Å². The van der Waals surface area contributed by atoms with Gasteiger partial charge in [-0.1, -0.05) is 42.3 Å². The lowest BCUT2D eigenvalue weighted by Crippen LogP contribution is -2.49. The van der Waals surface area contributed by atoms with Crippen molar-refractivity contribution in [2.75, 3.05) is 24.2 Å². The standard InChI is InChI=1S/C26H35Cl2N3O5S/c1-6-18(2)29-26(33)19(3)30(17-20-9-7-10-22(15-20)36-4)25(32)11-8-14-31(37(5,34)35)24-16-21(27)12-13-23(24)28/h7,9-10,12-13,15-16,18-19H,6,8,11,14,17H2,1-5H3,(H,29,33)/t18-,19-/m1/s1. The van der Waals surface area contributed by atoms with Crippen molar-refractivity contribution in [3.8, 4) is 5.75 Å². The van der Waals surface area contributed by atoms with Crippen LogP contribution in [0.25, 0.3) is 0 Å². The van der Waals surface area contributed by atoms with Crippen LogP contribution in [0.3, 0.4) is 0 Å². The molecular formula is C26H35Cl2N3O5S. The summed E-state index contributed by atoms with van der Waals surface area (Å²) in [4.78, 5) is 27.8. The van der Waals surface area contributed by atoms with E-state index in [-0.39, 0.29) is 54.5 Å². The van der Waals surface area contributed by atoms with Crippen LogP contribution in [0.15, 0.2) is 42.5 Å². The zero-order chi connectivity index (χ0) is 27.8. The van der Waals surface area contributed by atoms with Crippen molar-refractivity contribution in [3.05, 3.63) is 58.1 Å². The van der Waals surface area contributed by atoms with Gasteiger partial charge in [-0.2, -0.15) is 0 Å². The molecule has 11 heteroatoms. The number of amides is 2. The molecule has 0 unspecified atom stereocenters. The third-order valence-corrected chi connectivity index (χ3v) is 7.72. The molecule has 0 spiro atoms. The molecule has 2 aromatic carbocycles. The SMILES string of the molecule is CC[C@@H](C)NC(=O)[C@@H](C)N(Cc1cccc(OC)c1)C(=O)CCCN(c1cc(Cl)ccc1Cl)S(C)(=O)=O. The molecule has 0 aliphatic rings. The molecule has 0 bridgehead atoms. The Morgan fingerprint density at radius 1 is 1.11 bits per heavy atom. The number of benzene rings is 2. The molecular weight excluding hydrogens is 537 g/mol. The molecule has 0 aromatic heterocycles. The van der Waals surface area contributed by atoms with Gasteiger partial charge < -0.3 is 15.0 Å². The summed E-state index contributed by atoms with van der Waals surface area (Å²) in [5.74, 6) is 0.109. The Morgan fingerprint density at radius 3 is 2.43 bits per heavy atom. The van der Waals surface area contributed by atoms with E-state index in [1.54, 1.807) is 26.2 Å². The summed E-state index contributed by atoms with van der Waals surface area (Å²) in [5.41, 5.74) is 1.05. The maximum absolute atomic E-state index is 13.4. The second kappa shape index (κ2) is 13.9. The van der Waals surface area contributed by atoms with Gasteiger partial charge >= 0.3 is 0 Å². The molecule has 0 aliphatic heterocycles. The van der Waals surface area contributed by atoms with Gasteiger partial charge in [0.2, 0.25) is 21.8 Å². The Hall–Kier alpha value is -2.49. The second-order valence-electron chi connectivity index (χ2n) is 8.90. The first-order chi connectivity index (χ1) is 17.4. The smallest absolute Gasteiger partial charge is 0.242 e. The van der Waals surface area contributed by atoms with Crippen molar-refractivity contribution in [2.45, 2.75) is 58.7 Å². The van der Waals surface area contributed by atoms with Gasteiger partial charge in [-0.3, -0.25) is 13.9 Å². The number of sulfonamides is 1. The number of methoxy groups -OCH3 is 1. The average Bonchev–Trinajstić information content (AvgIpc) is 2.85. The molecule has 8 nitrogen and oxygen atoms in total. The van der Waals surface area contributed by atoms with Crippen molar-refractivity contribution >= 4 is 50.7 Å². The Kier molecular flexibility index (Phi) is 11.5. The van der Waals surface area contributed by atoms with Gasteiger partial charge in [-0.05, 0) is 62.6 Å². The number of carbonyl (C=O) groups is 2. The van der Waals surface area contributed by atoms with Crippen molar-refractivity contribution in [1.82, 2.24) is 10.2 Å². The monoisotopic (exact) mass is 571 g/mol. The normalized spacial score (nSPS) is 12.9. The third kappa shape index (κ3) is 9.09. The van der Waals surface area contributed by atoms with Crippen LogP contribution in [-0.2, 0) is 26.2 Å². The third-order valence-electron chi connectivity index (χ3n) is 5.98. The van der Waals surface area contributed by atoms with Crippen LogP contribution in [0.2, 0.25) is 10.0 Å². The second-order valence-corrected chi connectivity index (χ2v) is 11.7. The predicted molar refractivity (Wildman–Crippen MR) is 149 cm³/mol. The first-order valence-corrected chi connectivity index (χ1v) is 14.6. The van der Waals surface area contributed by atoms with Gasteiger partial charge in [0.25, 0.3) is 0 Å². The highest BCUT2D eigenvalue weighted by molar-refractivity contribution is 7.92. The first kappa shape index (κ1) is 30.7. The number of hydrogen-bond donors (Lipinski definition) is 1. The molecule has 2 rings (SSSR count). The van der Waals surface area contributed by atoms with Crippen LogP contribution < -0.4 is 14.4 Å². The van der Waals surface area contributed by atoms with Gasteiger partial charge in [0.15, 0.2) is 0 Å². The summed E-state index contributed by atoms with van der Waals surface area (Å²) in [5, 5.41) is 3.50. The van der Waals surface area contributed by atoms with Gasteiger partial charge in [0, 0.05) is 30.6 Å². The van der Waals surface area contributed by atoms with Crippen LogP contribution in [-0.4, -0.2) is 57.1 Å². The molecule has 0 heterocycles. The number of ether oxygens (including phenoxy) is 1. The number of carbonyl (C=O) groups excluding carboxylic acids is 2. The van der Waals surface area contributed by atoms with Crippen LogP contribution in [0, 0.1) is 0 Å². The molecule has 2 amide bonds. The predicted octanol–water partition coefficient (Wildman–Crippen LogP) is 4.88. The highest BCUT2D eigenvalue weighted by atomic mass is 35.5. The quantitative estimate of drug-likeness (QED) is 0.369. The number of halogens is 2. The average molecular weight is 573 g/mol. The lowest BCUT2D eigenvalue weighted by Gasteiger charge is -2.30. The molecule has 0 saturated heterocycles. The zero-order valence-electron chi connectivity index (χ0n) is 21.8. The molecule has 0 radical (unpaired) electrons. The number of anilines is 1. The Balaban J connectivity index is 2.23. The fourth-order valence-corrected chi connectivity index (χ4v) is 5.08. The van der Waals surface area contributed by atoms with Crippen molar-refractivity contribution in [2.24, 2.45) is 0 Å². The minimum Gasteiger partial charge on any atom is -0.497 e. The fraction of sp³-hybridized carbons (Fsp3) is 0.462. The summed E-state index contributed by atoms with van der Waals surface area (Å²) >= 11 is 12.3. The van der Waals surface area contributed by atoms with Crippen LogP contribution in [0.5, 0.6) is 5.75 Å². The molecule has 204 valence electrons. The summed E-state index contributed by atoms with van der Waals surface area (Å²) in [6, 6.07) is 11.1. The molecule has 0 saturated carbocycles. The topological polar surface area (TPSA) is 96.0 Å². The van der Waals surface area contributed by atoms with E-state index in [1.165, 1.54) is 17.0 Å². The minimum atomic E-state index is -3.69. The Labute approximate surface area is 229 Å². The molecule has 0 aliphatic carbocycles. The van der Waals surface area contributed by atoms with E-state index in [0.717, 1.165) is 22.5 Å². The van der Waals surface area contributed by atoms with E-state index in [0.29, 0.717) is 10.8 Å². The van der Waals surface area contributed by atoms with Gasteiger partial charge in [-0.15, -0.1) is 0 Å². The lowest BCUT2D eigenvalue weighted by atomic mass is 10.1. The van der Waals surface area contributed by atoms with E-state index in [1.807, 2.05) is 32.0 Å². The largest absolute Gasteiger partial charge is 0.497 e. The Bertz CT molecular complexity index is 1190. The number of hydrogen-bond acceptors (Lipinski definition) is 5. The lowest BCUT2D eigenvalue weighted by molar-refractivity contribution is -0.140. The fourth-order valence-electron chi connectivity index (χ4n) is 3.68. The number of nitrogens with one attached hydrogen (secondary N) is 1. The van der Waals surface area contributed by atoms with Gasteiger partial charge in [-0.25, -0.2) is 8.42 Å². The number of nitrogens with zero attached hydrogens (tertiary/aromatic N) is 2. The summed E-state index contributed by atoms with van der Waals surface area (Å²) < 4.78 is 31.4. The van der Waals surface area contributed by atoms with Crippen LogP contribution >= 0.6 is 23.2 Å². The molecule has 0 fully saturated rings. The van der Waals surface area contributed by atoms with E-state index in [2.05, 4.69) is 5.32 Å². The summed E-state index contributed by atoms with van der Waals surface area (Å²) in [7, 11) is -2.13. The molecule has 2 aromatic rings. The summed E-state index contributed by atoms with van der Waals surface area (Å²) in [6.07, 6.45) is 2.07. The van der Waals surface area contributed by atoms with Crippen molar-refractivity contribution in [3.63, 3.8) is 0 Å². The number of rotatable bonds is 13. The van der Waals surface area contributed by atoms with Crippen LogP contribution in [0.4, 0.5) is 5.69 Å². The highest BCUT2D eigenvalue weighted by Gasteiger charge is 2.27. The van der Waals surface area contributed by atoms with Gasteiger partial charge in [0.05, 0.1) is 24.1 Å². The van der Waals surface area contributed by atoms with E-state index in [4.69, 9.17) is 27.9 Å². The Morgan fingerprint density at radius 2 is 1.81 bits per heavy atom. The van der Waals surface area contributed by atoms with Crippen LogP contribution in [0.1, 0.15) is 45.6 Å². The van der Waals surface area contributed by atoms with Gasteiger partial charge in [0.1, 0.15) is 11.8 Å². The van der Waals surface area contributed by atoms with E-state index < -0.39 is 16.1 Å². The minimum absolute atomic E-state index is 0.0189. The van der Waals surface area contributed by atoms with Crippen molar-refractivity contribution < 1.29 is 22.7 Å². The maximum Gasteiger partial charge on any atom is 0.242 e. The maximum atomic E-state index is 13.4. The summed E-state index contributed by atoms with van der Waals surface area (Å²) in [6.45, 7) is 5.77. The van der Waals surface area contributed by atoms with E-state index >= 15 is 0 Å².